The van der Waals surface area contributed by atoms with Crippen molar-refractivity contribution in [2.24, 2.45) is 0 Å². The van der Waals surface area contributed by atoms with E-state index in [0.29, 0.717) is 6.42 Å². The molecule has 0 fully saturated rings. The minimum atomic E-state index is -1.11. The topological polar surface area (TPSA) is 40.1 Å². The predicted octanol–water partition coefficient (Wildman–Crippen LogP) is -6.15. The average Bonchev–Trinajstić information content (AvgIpc) is 1.82. The molecule has 0 radical (unpaired) electrons. The standard InChI is InChI=1S/C6H12O2S.2Na/c1-2-3-4-5(9)6(7)8;;/h5,9H,2-4H2,1H3,(H,7,8);;/q;2*+1/p-2/t5-;;/m0../s1. The molecular formula is C6H10Na2O2S. The largest absolute Gasteiger partial charge is 1.00 e. The van der Waals surface area contributed by atoms with Gasteiger partial charge in [0, 0.05) is 5.97 Å². The van der Waals surface area contributed by atoms with Gasteiger partial charge in [-0.05, 0) is 0 Å². The van der Waals surface area contributed by atoms with E-state index in [0.717, 1.165) is 12.8 Å². The van der Waals surface area contributed by atoms with Crippen LogP contribution < -0.4 is 64.2 Å². The summed E-state index contributed by atoms with van der Waals surface area (Å²) in [6, 6.07) is 0. The summed E-state index contributed by atoms with van der Waals surface area (Å²) >= 11 is 4.56. The number of carboxylic acids is 1. The molecule has 0 aliphatic rings. The molecule has 1 atom stereocenters. The SMILES string of the molecule is CCCC[C@H]([S-])C(=O)[O-].[Na+].[Na+]. The molecule has 0 aliphatic heterocycles. The molecule has 0 rings (SSSR count). The number of carbonyl (C=O) groups excluding carboxylic acids is 1. The summed E-state index contributed by atoms with van der Waals surface area (Å²) in [6.45, 7) is 2.00. The van der Waals surface area contributed by atoms with Crippen molar-refractivity contribution < 1.29 is 69.0 Å². The summed E-state index contributed by atoms with van der Waals surface area (Å²) in [4.78, 5) is 9.99. The van der Waals surface area contributed by atoms with Gasteiger partial charge in [-0.1, -0.05) is 26.2 Å². The van der Waals surface area contributed by atoms with E-state index in [-0.39, 0.29) is 59.1 Å². The first-order chi connectivity index (χ1) is 4.18. The third-order valence-electron chi connectivity index (χ3n) is 1.08. The number of hydrogen-bond donors (Lipinski definition) is 0. The third-order valence-corrected chi connectivity index (χ3v) is 1.51. The van der Waals surface area contributed by atoms with Gasteiger partial charge in [0.05, 0.1) is 0 Å². The van der Waals surface area contributed by atoms with E-state index in [9.17, 15) is 9.90 Å². The maximum absolute atomic E-state index is 9.99. The van der Waals surface area contributed by atoms with Gasteiger partial charge in [0.2, 0.25) is 0 Å². The molecule has 0 aromatic rings. The number of rotatable bonds is 4. The van der Waals surface area contributed by atoms with Crippen molar-refractivity contribution in [3.63, 3.8) is 0 Å². The molecule has 0 unspecified atom stereocenters. The van der Waals surface area contributed by atoms with E-state index in [4.69, 9.17) is 0 Å². The molecule has 0 aromatic carbocycles. The maximum atomic E-state index is 9.99. The minimum absolute atomic E-state index is 0. The molecule has 54 valence electrons. The van der Waals surface area contributed by atoms with Gasteiger partial charge < -0.3 is 22.5 Å². The van der Waals surface area contributed by atoms with Crippen molar-refractivity contribution in [3.05, 3.63) is 0 Å². The number of aliphatic carboxylic acids is 1. The van der Waals surface area contributed by atoms with Gasteiger partial charge in [-0.25, -0.2) is 0 Å². The second-order valence-electron chi connectivity index (χ2n) is 1.95. The number of unbranched alkanes of at least 4 members (excludes halogenated alkanes) is 1. The summed E-state index contributed by atoms with van der Waals surface area (Å²) < 4.78 is 0. The first-order valence-corrected chi connectivity index (χ1v) is 3.52. The fourth-order valence-electron chi connectivity index (χ4n) is 0.507. The average molecular weight is 192 g/mol. The Labute approximate surface area is 118 Å². The molecule has 0 spiro atoms. The zero-order valence-electron chi connectivity index (χ0n) is 7.42. The predicted molar refractivity (Wildman–Crippen MR) is 35.7 cm³/mol. The number of carbonyl (C=O) groups is 1. The number of carboxylic acid groups (broad SMARTS) is 1. The Bertz CT molecular complexity index is 101. The van der Waals surface area contributed by atoms with Crippen LogP contribution in [0.2, 0.25) is 0 Å². The van der Waals surface area contributed by atoms with E-state index < -0.39 is 11.2 Å². The molecule has 0 heterocycles. The molecule has 0 aliphatic carbocycles. The van der Waals surface area contributed by atoms with Crippen LogP contribution in [0.5, 0.6) is 0 Å². The molecular weight excluding hydrogens is 182 g/mol. The Hall–Kier alpha value is 1.82. The monoisotopic (exact) mass is 192 g/mol. The maximum Gasteiger partial charge on any atom is 1.00 e. The molecule has 0 saturated carbocycles. The van der Waals surface area contributed by atoms with Gasteiger partial charge >= 0.3 is 59.1 Å². The first-order valence-electron chi connectivity index (χ1n) is 3.05. The van der Waals surface area contributed by atoms with Crippen LogP contribution in [-0.2, 0) is 17.4 Å². The van der Waals surface area contributed by atoms with Gasteiger partial charge in [0.1, 0.15) is 0 Å². The van der Waals surface area contributed by atoms with Crippen LogP contribution in [0.1, 0.15) is 26.2 Å². The Morgan fingerprint density at radius 1 is 1.55 bits per heavy atom. The van der Waals surface area contributed by atoms with E-state index >= 15 is 0 Å². The van der Waals surface area contributed by atoms with Crippen LogP contribution >= 0.6 is 0 Å². The quantitative estimate of drug-likeness (QED) is 0.329. The van der Waals surface area contributed by atoms with Gasteiger partial charge in [0.15, 0.2) is 0 Å². The fraction of sp³-hybridized carbons (Fsp3) is 0.833. The molecule has 0 N–H and O–H groups in total. The van der Waals surface area contributed by atoms with Gasteiger partial charge in [0.25, 0.3) is 0 Å². The van der Waals surface area contributed by atoms with E-state index in [1.807, 2.05) is 6.92 Å². The third kappa shape index (κ3) is 11.8. The summed E-state index contributed by atoms with van der Waals surface area (Å²) in [5.41, 5.74) is 0. The molecule has 11 heavy (non-hydrogen) atoms. The summed E-state index contributed by atoms with van der Waals surface area (Å²) in [5, 5.41) is 9.30. The zero-order valence-corrected chi connectivity index (χ0v) is 12.2. The molecule has 0 saturated heterocycles. The molecule has 5 heteroatoms. The Balaban J connectivity index is -0.000000320. The Kier molecular flexibility index (Phi) is 20.0. The molecule has 0 aromatic heterocycles. The van der Waals surface area contributed by atoms with Crippen molar-refractivity contribution in [2.75, 3.05) is 0 Å². The summed E-state index contributed by atoms with van der Waals surface area (Å²) in [7, 11) is 0. The van der Waals surface area contributed by atoms with E-state index in [1.54, 1.807) is 0 Å². The molecule has 2 nitrogen and oxygen atoms in total. The van der Waals surface area contributed by atoms with Crippen LogP contribution in [0.15, 0.2) is 0 Å². The first kappa shape index (κ1) is 18.6. The number of hydrogen-bond acceptors (Lipinski definition) is 3. The van der Waals surface area contributed by atoms with Crippen molar-refractivity contribution in [1.29, 1.82) is 0 Å². The van der Waals surface area contributed by atoms with Crippen LogP contribution in [0.3, 0.4) is 0 Å². The van der Waals surface area contributed by atoms with Crippen molar-refractivity contribution in [1.82, 2.24) is 0 Å². The van der Waals surface area contributed by atoms with Crippen molar-refractivity contribution >= 4 is 18.6 Å². The van der Waals surface area contributed by atoms with E-state index in [2.05, 4.69) is 12.6 Å². The minimum Gasteiger partial charge on any atom is -0.783 e. The zero-order chi connectivity index (χ0) is 7.28. The van der Waals surface area contributed by atoms with E-state index in [1.165, 1.54) is 0 Å². The van der Waals surface area contributed by atoms with Crippen LogP contribution in [0.4, 0.5) is 0 Å². The van der Waals surface area contributed by atoms with Crippen molar-refractivity contribution in [3.8, 4) is 0 Å². The second kappa shape index (κ2) is 11.8. The molecule has 0 bridgehead atoms. The second-order valence-corrected chi connectivity index (χ2v) is 2.52. The van der Waals surface area contributed by atoms with Gasteiger partial charge in [-0.15, -0.1) is 5.25 Å². The summed E-state index contributed by atoms with van der Waals surface area (Å²) in [6.07, 6.45) is 2.43. The fourth-order valence-corrected chi connectivity index (χ4v) is 0.674. The van der Waals surface area contributed by atoms with Gasteiger partial charge in [-0.3, -0.25) is 0 Å². The van der Waals surface area contributed by atoms with Crippen LogP contribution in [0, 0.1) is 0 Å². The van der Waals surface area contributed by atoms with Gasteiger partial charge in [-0.2, -0.15) is 0 Å². The Morgan fingerprint density at radius 2 is 2.00 bits per heavy atom. The normalized spacial score (nSPS) is 10.7. The van der Waals surface area contributed by atoms with Crippen LogP contribution in [-0.4, -0.2) is 11.2 Å². The summed E-state index contributed by atoms with van der Waals surface area (Å²) in [5.74, 6) is -1.11. The van der Waals surface area contributed by atoms with Crippen molar-refractivity contribution in [2.45, 2.75) is 31.4 Å². The molecule has 0 amide bonds. The van der Waals surface area contributed by atoms with Crippen LogP contribution in [0.25, 0.3) is 0 Å². The Morgan fingerprint density at radius 3 is 2.27 bits per heavy atom. The smallest absolute Gasteiger partial charge is 0.783 e.